The average Bonchev–Trinajstić information content (AvgIpc) is 0.846. The summed E-state index contributed by atoms with van der Waals surface area (Å²) < 4.78 is 0.290. The molecule has 0 fully saturated rings. The number of carboxylic acids is 8. The SMILES string of the molecule is N[C@@H](CCC(=O)N[C@@H](CSC(=S)NCCCN1CCN(C(CCNC(=S)SC[C@H](NC(=O)CC[C@H](N)C(=O)O)C(=O)NCC(=O)O)C(=O)O)Cc2cccc(n2)CN(C(CCNC(=S)SC[C@H](NC(=O)CC[C@H](N)C(=O)O)C(=O)NCC(=O)O)C(=O)O)CC1)C(=O)NCC(=O)O)C(=O)O.[Mn]. The van der Waals surface area contributed by atoms with E-state index in [0.29, 0.717) is 17.8 Å². The number of thioether (sulfide) groups is 3. The van der Waals surface area contributed by atoms with E-state index in [4.69, 9.17) is 89.5 Å². The zero-order valence-electron chi connectivity index (χ0n) is 53.7. The Morgan fingerprint density at radius 3 is 1.05 bits per heavy atom. The maximum atomic E-state index is 13.3. The van der Waals surface area contributed by atoms with Crippen LogP contribution in [0.4, 0.5) is 0 Å². The molecular weight excluding hydrogens is 1480 g/mol. The number of nitrogens with zero attached hydrogens (tertiary/aromatic N) is 4. The zero-order chi connectivity index (χ0) is 74.3. The van der Waals surface area contributed by atoms with E-state index in [1.54, 1.807) is 28.0 Å². The van der Waals surface area contributed by atoms with Crippen molar-refractivity contribution in [2.24, 2.45) is 17.2 Å². The van der Waals surface area contributed by atoms with Gasteiger partial charge >= 0.3 is 47.8 Å². The monoisotopic (exact) mass is 1570 g/mol. The van der Waals surface area contributed by atoms with Gasteiger partial charge in [0.2, 0.25) is 35.4 Å². The van der Waals surface area contributed by atoms with Crippen LogP contribution in [0.2, 0.25) is 0 Å². The number of nitrogens with one attached hydrogen (secondary N) is 9. The van der Waals surface area contributed by atoms with Crippen LogP contribution >= 0.6 is 71.9 Å². The molecule has 38 nitrogen and oxygen atoms in total. The molecule has 0 spiro atoms. The number of carbonyl (C=O) groups is 14. The summed E-state index contributed by atoms with van der Waals surface area (Å²) in [4.78, 5) is 181. The van der Waals surface area contributed by atoms with Crippen LogP contribution in [-0.2, 0) is 97.3 Å². The van der Waals surface area contributed by atoms with Gasteiger partial charge in [0.1, 0.15) is 80.9 Å². The average molecular weight is 1570 g/mol. The number of fused-ring (bicyclic) bond motifs is 2. The van der Waals surface area contributed by atoms with Crippen LogP contribution in [0, 0.1) is 0 Å². The van der Waals surface area contributed by atoms with Crippen molar-refractivity contribution in [3.63, 3.8) is 0 Å². The van der Waals surface area contributed by atoms with Gasteiger partial charge < -0.3 is 111 Å². The number of aromatic nitrogens is 1. The Bertz CT molecular complexity index is 2890. The standard InChI is InChI=1S/C55H84N16O22S6.Mn/c56-31(48(84)85)5-8-39(72)66-34(45(81)62-21-42(75)76)26-97-53(94)59-13-2-16-69-17-19-70(37(51(90)91)11-14-60-54(95)98-27-35(46(82)63-22-43(77)78)67-40(73)9-6-32(57)49(86)87)24-29-3-1-4-30(65-29)25-71(20-18-69)38(52(92)93)12-15-61-55(96)99-28-36(47(83)64-23-44(79)80)68-41(74)10-7-33(58)50(88)89;/h1,3-4,31-38H,2,5-28,56-58H2,(H,59,94)(H,60,95)(H,61,96)(H,62,81)(H,63,82)(H,64,83)(H,66,72)(H,67,73)(H,68,74)(H,75,76)(H,77,78)(H,79,80)(H,84,85)(H,86,87)(H,88,89)(H,90,91)(H,92,93);/t31-,32-,33-,34-,35-,36-,37?,38?;/m0./s1. The molecule has 2 unspecified atom stereocenters. The number of hydrogen-bond donors (Lipinski definition) is 20. The predicted octanol–water partition coefficient (Wildman–Crippen LogP) is -5.47. The van der Waals surface area contributed by atoms with E-state index in [-0.39, 0.29) is 164 Å². The second kappa shape index (κ2) is 49.3. The van der Waals surface area contributed by atoms with Gasteiger partial charge in [-0.05, 0) is 57.2 Å². The second-order valence-electron chi connectivity index (χ2n) is 21.8. The Balaban J connectivity index is 0.0000500. The fourth-order valence-corrected chi connectivity index (χ4v) is 12.0. The molecule has 559 valence electrons. The minimum Gasteiger partial charge on any atom is -0.480 e. The summed E-state index contributed by atoms with van der Waals surface area (Å²) in [7, 11) is 0. The second-order valence-corrected chi connectivity index (χ2v) is 26.9. The Hall–Kier alpha value is -7.27. The fraction of sp³-hybridized carbons (Fsp3) is 0.600. The molecule has 2 heterocycles. The topological polar surface area (TPSA) is 610 Å². The number of pyridine rings is 1. The number of rotatable bonds is 44. The molecule has 1 aromatic rings. The number of aliphatic carboxylic acids is 8. The summed E-state index contributed by atoms with van der Waals surface area (Å²) in [5.74, 6) is -16.2. The predicted molar refractivity (Wildman–Crippen MR) is 370 cm³/mol. The van der Waals surface area contributed by atoms with Gasteiger partial charge in [0.15, 0.2) is 0 Å². The molecule has 1 radical (unpaired) electrons. The minimum atomic E-state index is -1.37. The van der Waals surface area contributed by atoms with Crippen LogP contribution in [0.15, 0.2) is 18.2 Å². The third-order valence-electron chi connectivity index (χ3n) is 14.1. The van der Waals surface area contributed by atoms with Crippen molar-refractivity contribution in [2.75, 3.05) is 89.3 Å². The number of thiocarbonyl (C=S) groups is 3. The van der Waals surface area contributed by atoms with Crippen LogP contribution in [0.5, 0.6) is 0 Å². The Kier molecular flexibility index (Phi) is 44.8. The van der Waals surface area contributed by atoms with Crippen LogP contribution in [0.3, 0.4) is 0 Å². The summed E-state index contributed by atoms with van der Waals surface area (Å²) in [6.07, 6.45) is -1.73. The Labute approximate surface area is 612 Å². The molecule has 2 bridgehead atoms. The molecule has 23 N–H and O–H groups in total. The summed E-state index contributed by atoms with van der Waals surface area (Å²) >= 11 is 19.2. The van der Waals surface area contributed by atoms with Gasteiger partial charge in [-0.15, -0.1) is 0 Å². The molecule has 6 amide bonds. The zero-order valence-corrected chi connectivity index (χ0v) is 59.7. The van der Waals surface area contributed by atoms with Crippen molar-refractivity contribution < 1.29 is 125 Å². The molecule has 0 aromatic carbocycles. The summed E-state index contributed by atoms with van der Waals surface area (Å²) in [6.45, 7) is -1.49. The Morgan fingerprint density at radius 2 is 0.760 bits per heavy atom. The van der Waals surface area contributed by atoms with Gasteiger partial charge in [0.05, 0.1) is 11.4 Å². The maximum absolute atomic E-state index is 13.3. The van der Waals surface area contributed by atoms with Crippen molar-refractivity contribution in [2.45, 2.75) is 119 Å². The maximum Gasteiger partial charge on any atom is 0.322 e. The van der Waals surface area contributed by atoms with Crippen LogP contribution in [0.25, 0.3) is 0 Å². The molecule has 1 aromatic heterocycles. The van der Waals surface area contributed by atoms with E-state index in [1.807, 2.05) is 4.90 Å². The van der Waals surface area contributed by atoms with E-state index in [1.165, 1.54) is 0 Å². The van der Waals surface area contributed by atoms with Gasteiger partial charge in [0.25, 0.3) is 0 Å². The van der Waals surface area contributed by atoms with Gasteiger partial charge in [-0.2, -0.15) is 0 Å². The first-order valence-electron chi connectivity index (χ1n) is 30.3. The van der Waals surface area contributed by atoms with Crippen LogP contribution in [-0.4, -0.2) is 294 Å². The molecule has 1 aliphatic rings. The summed E-state index contributed by atoms with van der Waals surface area (Å²) in [5, 5.41) is 99.1. The third kappa shape index (κ3) is 39.1. The molecule has 45 heteroatoms. The molecule has 0 aliphatic carbocycles. The first kappa shape index (κ1) is 90.7. The molecule has 2 rings (SSSR count). The van der Waals surface area contributed by atoms with Crippen LogP contribution in [0.1, 0.15) is 69.2 Å². The Morgan fingerprint density at radius 1 is 0.450 bits per heavy atom. The van der Waals surface area contributed by atoms with Gasteiger partial charge in [-0.25, -0.2) is 0 Å². The number of nitrogens with two attached hydrogens (primary N) is 3. The molecule has 8 atom stereocenters. The van der Waals surface area contributed by atoms with Crippen molar-refractivity contribution in [1.29, 1.82) is 0 Å². The number of amides is 6. The normalized spacial score (nSPS) is 15.1. The third-order valence-corrected chi connectivity index (χ3v) is 18.3. The van der Waals surface area contributed by atoms with Crippen molar-refractivity contribution >= 4 is 168 Å². The first-order chi connectivity index (χ1) is 46.6. The van der Waals surface area contributed by atoms with Crippen molar-refractivity contribution in [3.05, 3.63) is 29.6 Å². The molecule has 100 heavy (non-hydrogen) atoms. The molecule has 0 saturated carbocycles. The van der Waals surface area contributed by atoms with Crippen molar-refractivity contribution in [3.8, 4) is 0 Å². The largest absolute Gasteiger partial charge is 0.480 e. The van der Waals surface area contributed by atoms with Gasteiger partial charge in [0, 0.05) is 112 Å². The number of carboxylic acid groups (broad SMARTS) is 8. The van der Waals surface area contributed by atoms with Crippen molar-refractivity contribution in [1.82, 2.24) is 67.5 Å². The van der Waals surface area contributed by atoms with Gasteiger partial charge in [-0.3, -0.25) is 81.9 Å². The fourth-order valence-electron chi connectivity index (χ4n) is 8.79. The van der Waals surface area contributed by atoms with E-state index < -0.39 is 151 Å². The summed E-state index contributed by atoms with van der Waals surface area (Å²) in [6, 6.07) is -5.52. The van der Waals surface area contributed by atoms with Gasteiger partial charge in [-0.1, -0.05) is 78.0 Å². The molecular formula is C55H84MnN16O22S6. The minimum absolute atomic E-state index is 0. The van der Waals surface area contributed by atoms with E-state index in [9.17, 15) is 77.3 Å². The van der Waals surface area contributed by atoms with E-state index in [2.05, 4.69) is 47.9 Å². The molecule has 1 aliphatic heterocycles. The quantitative estimate of drug-likeness (QED) is 0.0165. The first-order valence-corrected chi connectivity index (χ1v) is 34.5. The summed E-state index contributed by atoms with van der Waals surface area (Å²) in [5.41, 5.74) is 17.3. The van der Waals surface area contributed by atoms with Crippen LogP contribution < -0.4 is 65.1 Å². The smallest absolute Gasteiger partial charge is 0.322 e. The number of carbonyl (C=O) groups excluding carboxylic acids is 6. The van der Waals surface area contributed by atoms with E-state index >= 15 is 0 Å². The van der Waals surface area contributed by atoms with E-state index in [0.717, 1.165) is 35.3 Å². The molecule has 0 saturated heterocycles. The number of hydrogen-bond acceptors (Lipinski definition) is 27.